The first-order valence-electron chi connectivity index (χ1n) is 10.2. The van der Waals surface area contributed by atoms with E-state index in [4.69, 9.17) is 9.84 Å². The number of piperazine rings is 1. The predicted octanol–water partition coefficient (Wildman–Crippen LogP) is 2.17. The summed E-state index contributed by atoms with van der Waals surface area (Å²) in [6.07, 6.45) is 1.86. The zero-order valence-corrected chi connectivity index (χ0v) is 16.5. The molecule has 0 aliphatic carbocycles. The highest BCUT2D eigenvalue weighted by atomic mass is 16.5. The Morgan fingerprint density at radius 3 is 2.54 bits per heavy atom. The van der Waals surface area contributed by atoms with Crippen molar-refractivity contribution in [1.29, 1.82) is 0 Å². The Hall–Kier alpha value is -1.92. The highest BCUT2D eigenvalue weighted by Gasteiger charge is 2.26. The zero-order valence-electron chi connectivity index (χ0n) is 16.5. The van der Waals surface area contributed by atoms with Gasteiger partial charge in [-0.1, -0.05) is 42.5 Å². The topological polar surface area (TPSA) is 56.2 Å². The number of rotatable bonds is 10. The van der Waals surface area contributed by atoms with E-state index in [1.54, 1.807) is 0 Å². The normalized spacial score (nSPS) is 18.3. The fraction of sp³-hybridized carbons (Fsp3) is 0.478. The van der Waals surface area contributed by atoms with Gasteiger partial charge >= 0.3 is 0 Å². The lowest BCUT2D eigenvalue weighted by atomic mass is 10.1. The van der Waals surface area contributed by atoms with Crippen molar-refractivity contribution in [2.24, 2.45) is 0 Å². The summed E-state index contributed by atoms with van der Waals surface area (Å²) in [5, 5.41) is 18.5. The number of nitrogens with zero attached hydrogens (tertiary/aromatic N) is 2. The fourth-order valence-electron chi connectivity index (χ4n) is 3.89. The second kappa shape index (κ2) is 11.2. The van der Waals surface area contributed by atoms with Crippen molar-refractivity contribution >= 4 is 0 Å². The molecule has 28 heavy (non-hydrogen) atoms. The van der Waals surface area contributed by atoms with E-state index in [1.807, 2.05) is 12.1 Å². The van der Waals surface area contributed by atoms with Gasteiger partial charge in [0, 0.05) is 45.4 Å². The van der Waals surface area contributed by atoms with Crippen LogP contribution in [0.3, 0.4) is 0 Å². The van der Waals surface area contributed by atoms with Gasteiger partial charge in [-0.05, 0) is 36.1 Å². The van der Waals surface area contributed by atoms with Crippen molar-refractivity contribution in [3.05, 3.63) is 65.7 Å². The first-order chi connectivity index (χ1) is 13.8. The van der Waals surface area contributed by atoms with E-state index in [-0.39, 0.29) is 13.2 Å². The summed E-state index contributed by atoms with van der Waals surface area (Å²) >= 11 is 0. The third kappa shape index (κ3) is 6.31. The standard InChI is InChI=1S/C23H32N2O3/c26-14-10-22-19-24(18-21-7-4-8-23(17-21)28-16-15-27)12-13-25(22)11-9-20-5-2-1-3-6-20/h1-8,17,22,26-27H,9-16,18-19H2/t22-/m1/s1. The molecule has 5 nitrogen and oxygen atoms in total. The summed E-state index contributed by atoms with van der Waals surface area (Å²) in [5.74, 6) is 0.806. The smallest absolute Gasteiger partial charge is 0.119 e. The number of ether oxygens (including phenoxy) is 1. The zero-order chi connectivity index (χ0) is 19.6. The molecule has 152 valence electrons. The average Bonchev–Trinajstić information content (AvgIpc) is 2.73. The number of benzene rings is 2. The molecular formula is C23H32N2O3. The van der Waals surface area contributed by atoms with E-state index in [1.165, 1.54) is 11.1 Å². The largest absolute Gasteiger partial charge is 0.491 e. The molecule has 0 amide bonds. The summed E-state index contributed by atoms with van der Waals surface area (Å²) in [5.41, 5.74) is 2.59. The number of hydrogen-bond acceptors (Lipinski definition) is 5. The molecule has 0 radical (unpaired) electrons. The van der Waals surface area contributed by atoms with Gasteiger partial charge in [0.25, 0.3) is 0 Å². The van der Waals surface area contributed by atoms with Crippen LogP contribution in [-0.2, 0) is 13.0 Å². The van der Waals surface area contributed by atoms with Crippen LogP contribution in [0, 0.1) is 0 Å². The van der Waals surface area contributed by atoms with Crippen LogP contribution < -0.4 is 4.74 Å². The van der Waals surface area contributed by atoms with E-state index in [9.17, 15) is 5.11 Å². The van der Waals surface area contributed by atoms with Gasteiger partial charge in [0.05, 0.1) is 6.61 Å². The molecule has 3 rings (SSSR count). The highest BCUT2D eigenvalue weighted by molar-refractivity contribution is 5.28. The van der Waals surface area contributed by atoms with Crippen molar-refractivity contribution in [2.45, 2.75) is 25.4 Å². The number of hydrogen-bond donors (Lipinski definition) is 2. The monoisotopic (exact) mass is 384 g/mol. The van der Waals surface area contributed by atoms with E-state index < -0.39 is 0 Å². The summed E-state index contributed by atoms with van der Waals surface area (Å²) in [7, 11) is 0. The Kier molecular flexibility index (Phi) is 8.30. The molecule has 0 saturated carbocycles. The first-order valence-corrected chi connectivity index (χ1v) is 10.2. The molecule has 1 saturated heterocycles. The highest BCUT2D eigenvalue weighted by Crippen LogP contribution is 2.19. The van der Waals surface area contributed by atoms with Crippen molar-refractivity contribution in [1.82, 2.24) is 9.80 Å². The van der Waals surface area contributed by atoms with E-state index in [2.05, 4.69) is 52.3 Å². The Morgan fingerprint density at radius 1 is 0.929 bits per heavy atom. The van der Waals surface area contributed by atoms with Crippen LogP contribution in [-0.4, -0.2) is 72.1 Å². The fourth-order valence-corrected chi connectivity index (χ4v) is 3.89. The first kappa shape index (κ1) is 20.8. The van der Waals surface area contributed by atoms with Crippen LogP contribution in [0.25, 0.3) is 0 Å². The van der Waals surface area contributed by atoms with Crippen molar-refractivity contribution in [3.8, 4) is 5.75 Å². The van der Waals surface area contributed by atoms with Gasteiger partial charge < -0.3 is 14.9 Å². The molecule has 2 N–H and O–H groups in total. The third-order valence-electron chi connectivity index (χ3n) is 5.35. The summed E-state index contributed by atoms with van der Waals surface area (Å²) in [6, 6.07) is 19.1. The molecule has 1 aliphatic heterocycles. The maximum atomic E-state index is 9.53. The van der Waals surface area contributed by atoms with Crippen LogP contribution in [0.1, 0.15) is 17.5 Å². The van der Waals surface area contributed by atoms with Crippen molar-refractivity contribution in [3.63, 3.8) is 0 Å². The van der Waals surface area contributed by atoms with Crippen LogP contribution in [0.4, 0.5) is 0 Å². The average molecular weight is 385 g/mol. The number of aliphatic hydroxyl groups excluding tert-OH is 2. The third-order valence-corrected chi connectivity index (χ3v) is 5.35. The molecule has 1 aliphatic rings. The molecule has 1 fully saturated rings. The summed E-state index contributed by atoms with van der Waals surface area (Å²) in [4.78, 5) is 4.99. The molecule has 0 aromatic heterocycles. The minimum absolute atomic E-state index is 0.0258. The molecule has 2 aromatic rings. The Bertz CT molecular complexity index is 695. The predicted molar refractivity (Wildman–Crippen MR) is 112 cm³/mol. The second-order valence-electron chi connectivity index (χ2n) is 7.39. The quantitative estimate of drug-likeness (QED) is 0.658. The SMILES string of the molecule is OCCOc1cccc(CN2CCN(CCc3ccccc3)[C@H](CCO)C2)c1. The maximum Gasteiger partial charge on any atom is 0.119 e. The van der Waals surface area contributed by atoms with E-state index in [0.29, 0.717) is 12.6 Å². The van der Waals surface area contributed by atoms with Gasteiger partial charge in [-0.25, -0.2) is 0 Å². The lowest BCUT2D eigenvalue weighted by Crippen LogP contribution is -2.53. The molecule has 0 spiro atoms. The number of aliphatic hydroxyl groups is 2. The minimum Gasteiger partial charge on any atom is -0.491 e. The Morgan fingerprint density at radius 2 is 1.75 bits per heavy atom. The lowest BCUT2D eigenvalue weighted by Gasteiger charge is -2.41. The maximum absolute atomic E-state index is 9.53. The van der Waals surface area contributed by atoms with Crippen LogP contribution in [0.2, 0.25) is 0 Å². The van der Waals surface area contributed by atoms with Gasteiger partial charge in [-0.3, -0.25) is 9.80 Å². The molecule has 2 aromatic carbocycles. The van der Waals surface area contributed by atoms with Crippen molar-refractivity contribution in [2.75, 3.05) is 46.0 Å². The van der Waals surface area contributed by atoms with Crippen LogP contribution >= 0.6 is 0 Å². The van der Waals surface area contributed by atoms with Gasteiger partial charge in [0.1, 0.15) is 12.4 Å². The van der Waals surface area contributed by atoms with Crippen molar-refractivity contribution < 1.29 is 14.9 Å². The molecule has 1 atom stereocenters. The minimum atomic E-state index is 0.0258. The Balaban J connectivity index is 1.54. The molecule has 1 heterocycles. The van der Waals surface area contributed by atoms with E-state index >= 15 is 0 Å². The second-order valence-corrected chi connectivity index (χ2v) is 7.39. The van der Waals surface area contributed by atoms with Gasteiger partial charge in [0.2, 0.25) is 0 Å². The van der Waals surface area contributed by atoms with Gasteiger partial charge in [-0.15, -0.1) is 0 Å². The lowest BCUT2D eigenvalue weighted by molar-refractivity contribution is 0.0561. The van der Waals surface area contributed by atoms with Gasteiger partial charge in [-0.2, -0.15) is 0 Å². The van der Waals surface area contributed by atoms with Crippen LogP contribution in [0.5, 0.6) is 5.75 Å². The Labute approximate surface area is 168 Å². The summed E-state index contributed by atoms with van der Waals surface area (Å²) in [6.45, 7) is 5.51. The molecule has 0 unspecified atom stereocenters. The van der Waals surface area contributed by atoms with Crippen LogP contribution in [0.15, 0.2) is 54.6 Å². The molecular weight excluding hydrogens is 352 g/mol. The summed E-state index contributed by atoms with van der Waals surface area (Å²) < 4.78 is 5.53. The van der Waals surface area contributed by atoms with E-state index in [0.717, 1.165) is 51.3 Å². The molecule has 0 bridgehead atoms. The van der Waals surface area contributed by atoms with Gasteiger partial charge in [0.15, 0.2) is 0 Å². The molecule has 5 heteroatoms.